The van der Waals surface area contributed by atoms with Crippen molar-refractivity contribution >= 4 is 11.9 Å². The number of hydrogen-bond acceptors (Lipinski definition) is 5. The summed E-state index contributed by atoms with van der Waals surface area (Å²) in [5.74, 6) is -0.586. The summed E-state index contributed by atoms with van der Waals surface area (Å²) in [5.41, 5.74) is 0. The van der Waals surface area contributed by atoms with Gasteiger partial charge in [-0.1, -0.05) is 322 Å². The molecule has 0 rings (SSSR count). The van der Waals surface area contributed by atoms with Crippen molar-refractivity contribution in [1.29, 1.82) is 0 Å². The second-order valence-corrected chi connectivity index (χ2v) is 22.5. The zero-order valence-corrected chi connectivity index (χ0v) is 52.6. The molecule has 0 radical (unpaired) electrons. The van der Waals surface area contributed by atoms with Crippen molar-refractivity contribution in [2.24, 2.45) is 0 Å². The Morgan fingerprint density at radius 3 is 0.812 bits per heavy atom. The first kappa shape index (κ1) is 76.3. The summed E-state index contributed by atoms with van der Waals surface area (Å²) in [6.45, 7) is 4.04. The van der Waals surface area contributed by atoms with Crippen molar-refractivity contribution in [3.63, 3.8) is 0 Å². The second-order valence-electron chi connectivity index (χ2n) is 22.5. The van der Waals surface area contributed by atoms with Gasteiger partial charge in [0.2, 0.25) is 0 Å². The standard InChI is InChI=1S/C75H128O5/c1-3-5-7-9-11-13-15-17-19-21-23-25-27-29-31-33-35-36-37-38-40-42-44-46-48-50-52-54-56-58-60-62-64-66-68-70-75(78)80-73(71-76)72-79-74(77)69-67-65-63-61-59-57-55-53-51-49-47-45-43-41-39-34-32-30-28-26-24-22-20-18-16-14-12-10-8-6-4-2/h5,7,11,13,16-19,22-25,28-31,35-36,38,40,73,76H,3-4,6,8-10,12,14-15,20-21,26-27,32-34,37,39,41-72H2,1-2H3/b7-5-,13-11-,18-16-,19-17-,24-22-,25-23-,30-28-,31-29-,36-35-,40-38-. The SMILES string of the molecule is CC/C=C\C/C=C\C/C=C\C/C=C\C/C=C\C/C=C\C/C=C\CCCCCCCCCCCCCCCC(=O)OC(CO)COC(=O)CCCCCCCCCCCCCCCCCC/C=C\C/C=C\C/C=C\CCCCCCC. The Kier molecular flexibility index (Phi) is 66.4. The Morgan fingerprint density at radius 1 is 0.300 bits per heavy atom. The van der Waals surface area contributed by atoms with Gasteiger partial charge in [-0.3, -0.25) is 9.59 Å². The van der Waals surface area contributed by atoms with Crippen LogP contribution in [-0.2, 0) is 19.1 Å². The van der Waals surface area contributed by atoms with E-state index in [4.69, 9.17) is 9.47 Å². The van der Waals surface area contributed by atoms with E-state index in [1.165, 1.54) is 199 Å². The number of esters is 2. The fraction of sp³-hybridized carbons (Fsp3) is 0.707. The maximum absolute atomic E-state index is 12.4. The molecule has 5 nitrogen and oxygen atoms in total. The van der Waals surface area contributed by atoms with Gasteiger partial charge < -0.3 is 14.6 Å². The van der Waals surface area contributed by atoms with E-state index in [9.17, 15) is 14.7 Å². The topological polar surface area (TPSA) is 72.8 Å². The molecule has 0 spiro atoms. The molecule has 0 aromatic heterocycles. The van der Waals surface area contributed by atoms with Crippen LogP contribution in [0.25, 0.3) is 0 Å². The zero-order valence-electron chi connectivity index (χ0n) is 52.6. The molecule has 0 aliphatic carbocycles. The quantitative estimate of drug-likeness (QED) is 0.0373. The minimum Gasteiger partial charge on any atom is -0.462 e. The number of aliphatic hydroxyl groups excluding tert-OH is 1. The van der Waals surface area contributed by atoms with Crippen molar-refractivity contribution in [3.05, 3.63) is 122 Å². The Labute approximate surface area is 496 Å². The fourth-order valence-corrected chi connectivity index (χ4v) is 9.66. The number of hydrogen-bond donors (Lipinski definition) is 1. The molecule has 80 heavy (non-hydrogen) atoms. The van der Waals surface area contributed by atoms with Gasteiger partial charge >= 0.3 is 11.9 Å². The molecular weight excluding hydrogens is 981 g/mol. The highest BCUT2D eigenvalue weighted by molar-refractivity contribution is 5.70. The van der Waals surface area contributed by atoms with Gasteiger partial charge in [0.25, 0.3) is 0 Å². The van der Waals surface area contributed by atoms with E-state index in [-0.39, 0.29) is 25.2 Å². The number of carbonyl (C=O) groups excluding carboxylic acids is 2. The van der Waals surface area contributed by atoms with Crippen LogP contribution in [0.3, 0.4) is 0 Å². The molecule has 0 aliphatic rings. The van der Waals surface area contributed by atoms with Gasteiger partial charge in [0.15, 0.2) is 6.10 Å². The average Bonchev–Trinajstić information content (AvgIpc) is 3.46. The molecule has 1 unspecified atom stereocenters. The molecule has 0 fully saturated rings. The molecule has 5 heteroatoms. The molecule has 1 atom stereocenters. The van der Waals surface area contributed by atoms with Gasteiger partial charge in [0.1, 0.15) is 6.61 Å². The molecule has 458 valence electrons. The fourth-order valence-electron chi connectivity index (χ4n) is 9.66. The van der Waals surface area contributed by atoms with E-state index in [1.807, 2.05) is 0 Å². The van der Waals surface area contributed by atoms with Crippen LogP contribution < -0.4 is 0 Å². The van der Waals surface area contributed by atoms with Crippen molar-refractivity contribution < 1.29 is 24.2 Å². The smallest absolute Gasteiger partial charge is 0.306 e. The molecule has 0 saturated heterocycles. The van der Waals surface area contributed by atoms with Gasteiger partial charge in [0, 0.05) is 12.8 Å². The van der Waals surface area contributed by atoms with E-state index in [2.05, 4.69) is 135 Å². The number of allylic oxidation sites excluding steroid dienone is 20. The van der Waals surface area contributed by atoms with E-state index in [1.54, 1.807) is 0 Å². The third kappa shape index (κ3) is 66.8. The van der Waals surface area contributed by atoms with Gasteiger partial charge in [-0.2, -0.15) is 0 Å². The monoisotopic (exact) mass is 1110 g/mol. The molecule has 0 saturated carbocycles. The minimum atomic E-state index is -0.780. The van der Waals surface area contributed by atoms with Crippen LogP contribution in [0.1, 0.15) is 322 Å². The summed E-state index contributed by atoms with van der Waals surface area (Å²) in [7, 11) is 0. The largest absolute Gasteiger partial charge is 0.462 e. The molecule has 1 N–H and O–H groups in total. The summed E-state index contributed by atoms with van der Waals surface area (Å²) in [6.07, 6.45) is 102. The number of aliphatic hydroxyl groups is 1. The predicted molar refractivity (Wildman–Crippen MR) is 352 cm³/mol. The summed E-state index contributed by atoms with van der Waals surface area (Å²) >= 11 is 0. The lowest BCUT2D eigenvalue weighted by atomic mass is 10.0. The Hall–Kier alpha value is -3.70. The Bertz CT molecular complexity index is 1590. The van der Waals surface area contributed by atoms with Crippen molar-refractivity contribution in [2.75, 3.05) is 13.2 Å². The van der Waals surface area contributed by atoms with E-state index >= 15 is 0 Å². The third-order valence-corrected chi connectivity index (χ3v) is 14.7. The van der Waals surface area contributed by atoms with Crippen LogP contribution in [0.4, 0.5) is 0 Å². The number of ether oxygens (including phenoxy) is 2. The lowest BCUT2D eigenvalue weighted by molar-refractivity contribution is -0.161. The zero-order chi connectivity index (χ0) is 57.6. The average molecular weight is 1110 g/mol. The molecule has 0 aromatic rings. The maximum atomic E-state index is 12.4. The van der Waals surface area contributed by atoms with Gasteiger partial charge in [-0.25, -0.2) is 0 Å². The molecule has 0 heterocycles. The predicted octanol–water partition coefficient (Wildman–Crippen LogP) is 23.8. The highest BCUT2D eigenvalue weighted by atomic mass is 16.6. The molecule has 0 bridgehead atoms. The van der Waals surface area contributed by atoms with Crippen molar-refractivity contribution in [1.82, 2.24) is 0 Å². The highest BCUT2D eigenvalue weighted by Gasteiger charge is 2.16. The minimum absolute atomic E-state index is 0.0691. The Morgan fingerprint density at radius 2 is 0.537 bits per heavy atom. The lowest BCUT2D eigenvalue weighted by Crippen LogP contribution is -2.28. The number of unbranched alkanes of at least 4 members (excludes halogenated alkanes) is 34. The Balaban J connectivity index is 3.49. The van der Waals surface area contributed by atoms with Crippen LogP contribution >= 0.6 is 0 Å². The summed E-state index contributed by atoms with van der Waals surface area (Å²) in [6, 6.07) is 0. The molecule has 0 aromatic carbocycles. The van der Waals surface area contributed by atoms with Crippen LogP contribution in [0.15, 0.2) is 122 Å². The highest BCUT2D eigenvalue weighted by Crippen LogP contribution is 2.17. The molecular formula is C75H128O5. The number of carbonyl (C=O) groups is 2. The first-order valence-electron chi connectivity index (χ1n) is 34.1. The second kappa shape index (κ2) is 69.6. The van der Waals surface area contributed by atoms with Crippen LogP contribution in [-0.4, -0.2) is 36.4 Å². The lowest BCUT2D eigenvalue weighted by Gasteiger charge is -2.15. The van der Waals surface area contributed by atoms with Crippen LogP contribution in [0.5, 0.6) is 0 Å². The first-order valence-corrected chi connectivity index (χ1v) is 34.1. The van der Waals surface area contributed by atoms with Gasteiger partial charge in [-0.15, -0.1) is 0 Å². The van der Waals surface area contributed by atoms with E-state index in [0.29, 0.717) is 12.8 Å². The van der Waals surface area contributed by atoms with Crippen LogP contribution in [0, 0.1) is 0 Å². The van der Waals surface area contributed by atoms with Gasteiger partial charge in [-0.05, 0) is 109 Å². The van der Waals surface area contributed by atoms with Crippen molar-refractivity contribution in [2.45, 2.75) is 328 Å². The summed E-state index contributed by atoms with van der Waals surface area (Å²) < 4.78 is 10.8. The molecule has 0 amide bonds. The molecule has 0 aliphatic heterocycles. The number of rotatable bonds is 62. The third-order valence-electron chi connectivity index (χ3n) is 14.7. The van der Waals surface area contributed by atoms with E-state index < -0.39 is 6.10 Å². The normalized spacial score (nSPS) is 13.0. The summed E-state index contributed by atoms with van der Waals surface area (Å²) in [4.78, 5) is 24.6. The first-order chi connectivity index (χ1) is 39.6. The van der Waals surface area contributed by atoms with Gasteiger partial charge in [0.05, 0.1) is 6.61 Å². The van der Waals surface area contributed by atoms with Crippen LogP contribution in [0.2, 0.25) is 0 Å². The van der Waals surface area contributed by atoms with E-state index in [0.717, 1.165) is 96.3 Å². The summed E-state index contributed by atoms with van der Waals surface area (Å²) in [5, 5.41) is 9.70. The van der Waals surface area contributed by atoms with Crippen molar-refractivity contribution in [3.8, 4) is 0 Å². The maximum Gasteiger partial charge on any atom is 0.306 e.